The van der Waals surface area contributed by atoms with Crippen LogP contribution in [-0.2, 0) is 22.3 Å². The summed E-state index contributed by atoms with van der Waals surface area (Å²) < 4.78 is 26.8. The molecule has 1 aromatic carbocycles. The molecule has 0 aliphatic carbocycles. The Bertz CT molecular complexity index is 696. The molecule has 0 saturated heterocycles. The Kier molecular flexibility index (Phi) is 5.43. The molecule has 1 heterocycles. The maximum absolute atomic E-state index is 12.5. The molecule has 0 saturated carbocycles. The van der Waals surface area contributed by atoms with Gasteiger partial charge in [0.05, 0.1) is 5.88 Å². The van der Waals surface area contributed by atoms with Gasteiger partial charge in [0.15, 0.2) is 0 Å². The highest BCUT2D eigenvalue weighted by atomic mass is 35.5. The van der Waals surface area contributed by atoms with Gasteiger partial charge in [-0.3, -0.25) is 0 Å². The quantitative estimate of drug-likeness (QED) is 0.751. The third-order valence-corrected chi connectivity index (χ3v) is 7.31. The van der Waals surface area contributed by atoms with Gasteiger partial charge in [0.1, 0.15) is 4.21 Å². The third kappa shape index (κ3) is 3.86. The van der Waals surface area contributed by atoms with Crippen LogP contribution in [0.4, 0.5) is 0 Å². The van der Waals surface area contributed by atoms with Crippen molar-refractivity contribution in [2.45, 2.75) is 23.4 Å². The van der Waals surface area contributed by atoms with Gasteiger partial charge in [0, 0.05) is 18.5 Å². The molecule has 3 nitrogen and oxygen atoms in total. The van der Waals surface area contributed by atoms with Gasteiger partial charge in [-0.15, -0.1) is 22.9 Å². The first kappa shape index (κ1) is 16.5. The summed E-state index contributed by atoms with van der Waals surface area (Å²) in [5, 5.41) is 0. The van der Waals surface area contributed by atoms with Gasteiger partial charge in [-0.25, -0.2) is 8.42 Å². The number of halogens is 1. The summed E-state index contributed by atoms with van der Waals surface area (Å²) in [6.45, 7) is 2.34. The molecule has 2 rings (SSSR count). The van der Waals surface area contributed by atoms with Crippen LogP contribution in [0.25, 0.3) is 0 Å². The summed E-state index contributed by atoms with van der Waals surface area (Å²) in [5.74, 6) is 0.347. The van der Waals surface area contributed by atoms with Crippen molar-refractivity contribution in [3.05, 3.63) is 52.4 Å². The minimum Gasteiger partial charge on any atom is -0.206 e. The molecule has 0 spiro atoms. The number of thiophene rings is 1. The van der Waals surface area contributed by atoms with E-state index in [2.05, 4.69) is 0 Å². The van der Waals surface area contributed by atoms with Gasteiger partial charge in [-0.2, -0.15) is 4.31 Å². The number of benzene rings is 1. The van der Waals surface area contributed by atoms with Crippen molar-refractivity contribution < 1.29 is 8.42 Å². The van der Waals surface area contributed by atoms with E-state index in [1.165, 1.54) is 15.6 Å². The van der Waals surface area contributed by atoms with E-state index in [0.29, 0.717) is 23.1 Å². The maximum atomic E-state index is 12.5. The summed E-state index contributed by atoms with van der Waals surface area (Å²) in [4.78, 5) is 0.909. The van der Waals surface area contributed by atoms with Gasteiger partial charge in [-0.1, -0.05) is 30.3 Å². The molecule has 0 bridgehead atoms. The van der Waals surface area contributed by atoms with Crippen LogP contribution in [0.15, 0.2) is 40.6 Å². The second-order valence-corrected chi connectivity index (χ2v) is 8.54. The van der Waals surface area contributed by atoms with Gasteiger partial charge < -0.3 is 0 Å². The molecule has 1 aromatic heterocycles. The molecule has 21 heavy (non-hydrogen) atoms. The van der Waals surface area contributed by atoms with Gasteiger partial charge in [0.2, 0.25) is 0 Å². The Morgan fingerprint density at radius 2 is 1.90 bits per heavy atom. The molecule has 0 atom stereocenters. The van der Waals surface area contributed by atoms with Gasteiger partial charge >= 0.3 is 0 Å². The maximum Gasteiger partial charge on any atom is 0.252 e. The van der Waals surface area contributed by atoms with Crippen LogP contribution in [0.2, 0.25) is 0 Å². The lowest BCUT2D eigenvalue weighted by Gasteiger charge is -2.15. The van der Waals surface area contributed by atoms with Crippen molar-refractivity contribution in [1.82, 2.24) is 4.31 Å². The smallest absolute Gasteiger partial charge is 0.206 e. The fourth-order valence-electron chi connectivity index (χ4n) is 1.95. The van der Waals surface area contributed by atoms with Crippen molar-refractivity contribution in [2.75, 3.05) is 13.6 Å². The van der Waals surface area contributed by atoms with Gasteiger partial charge in [0.25, 0.3) is 10.0 Å². The molecule has 0 aliphatic rings. The minimum atomic E-state index is -3.43. The molecule has 2 aromatic rings. The largest absolute Gasteiger partial charge is 0.252 e. The van der Waals surface area contributed by atoms with E-state index in [0.717, 1.165) is 16.0 Å². The van der Waals surface area contributed by atoms with Crippen LogP contribution in [-0.4, -0.2) is 26.3 Å². The number of rotatable bonds is 6. The first-order valence-electron chi connectivity index (χ1n) is 6.60. The highest BCUT2D eigenvalue weighted by molar-refractivity contribution is 7.91. The number of aryl methyl sites for hydroxylation is 1. The SMILES string of the molecule is Cc1cc(S(=O)(=O)N(C)CCc2ccccc2)sc1CCl. The van der Waals surface area contributed by atoms with Gasteiger partial charge in [-0.05, 0) is 30.5 Å². The summed E-state index contributed by atoms with van der Waals surface area (Å²) in [5.41, 5.74) is 2.06. The highest BCUT2D eigenvalue weighted by Gasteiger charge is 2.23. The van der Waals surface area contributed by atoms with Crippen molar-refractivity contribution in [2.24, 2.45) is 0 Å². The lowest BCUT2D eigenvalue weighted by atomic mass is 10.2. The normalized spacial score (nSPS) is 12.0. The van der Waals surface area contributed by atoms with Crippen molar-refractivity contribution in [3.8, 4) is 0 Å². The topological polar surface area (TPSA) is 37.4 Å². The first-order chi connectivity index (χ1) is 9.95. The van der Waals surface area contributed by atoms with Crippen LogP contribution < -0.4 is 0 Å². The van der Waals surface area contributed by atoms with Crippen molar-refractivity contribution in [3.63, 3.8) is 0 Å². The Morgan fingerprint density at radius 3 is 2.48 bits per heavy atom. The lowest BCUT2D eigenvalue weighted by molar-refractivity contribution is 0.474. The van der Waals surface area contributed by atoms with E-state index in [1.54, 1.807) is 13.1 Å². The zero-order chi connectivity index (χ0) is 15.5. The number of likely N-dealkylation sites (N-methyl/N-ethyl adjacent to an activating group) is 1. The molecular formula is C15H18ClNO2S2. The van der Waals surface area contributed by atoms with Crippen molar-refractivity contribution in [1.29, 1.82) is 0 Å². The molecule has 0 radical (unpaired) electrons. The summed E-state index contributed by atoms with van der Waals surface area (Å²) in [6.07, 6.45) is 0.698. The molecule has 0 fully saturated rings. The zero-order valence-corrected chi connectivity index (χ0v) is 14.4. The highest BCUT2D eigenvalue weighted by Crippen LogP contribution is 2.29. The zero-order valence-electron chi connectivity index (χ0n) is 12.0. The number of sulfonamides is 1. The Balaban J connectivity index is 2.11. The Labute approximate surface area is 135 Å². The van der Waals surface area contributed by atoms with Crippen LogP contribution in [0, 0.1) is 6.92 Å². The predicted octanol–water partition coefficient (Wildman–Crippen LogP) is 3.66. The standard InChI is InChI=1S/C15H18ClNO2S2/c1-12-10-15(20-14(12)11-16)21(18,19)17(2)9-8-13-6-4-3-5-7-13/h3-7,10H,8-9,11H2,1-2H3. The second kappa shape index (κ2) is 6.92. The summed E-state index contributed by atoms with van der Waals surface area (Å²) in [6, 6.07) is 11.6. The average Bonchev–Trinajstić information content (AvgIpc) is 2.87. The molecule has 114 valence electrons. The second-order valence-electron chi connectivity index (χ2n) is 4.87. The number of hydrogen-bond donors (Lipinski definition) is 0. The van der Waals surface area contributed by atoms with E-state index in [4.69, 9.17) is 11.6 Å². The average molecular weight is 344 g/mol. The minimum absolute atomic E-state index is 0.347. The molecule has 0 amide bonds. The molecule has 6 heteroatoms. The number of hydrogen-bond acceptors (Lipinski definition) is 3. The monoisotopic (exact) mass is 343 g/mol. The third-order valence-electron chi connectivity index (χ3n) is 3.34. The lowest BCUT2D eigenvalue weighted by Crippen LogP contribution is -2.28. The van der Waals surface area contributed by atoms with Crippen molar-refractivity contribution >= 4 is 33.0 Å². The Hall–Kier alpha value is -0.880. The van der Waals surface area contributed by atoms with Crippen LogP contribution in [0.5, 0.6) is 0 Å². The molecule has 0 unspecified atom stereocenters. The van der Waals surface area contributed by atoms with Crippen LogP contribution in [0.3, 0.4) is 0 Å². The Morgan fingerprint density at radius 1 is 1.24 bits per heavy atom. The number of alkyl halides is 1. The number of nitrogens with zero attached hydrogens (tertiary/aromatic N) is 1. The van der Waals surface area contributed by atoms with E-state index >= 15 is 0 Å². The predicted molar refractivity (Wildman–Crippen MR) is 88.6 cm³/mol. The first-order valence-corrected chi connectivity index (χ1v) is 9.40. The van der Waals surface area contributed by atoms with Crippen LogP contribution in [0.1, 0.15) is 16.0 Å². The van der Waals surface area contributed by atoms with E-state index in [9.17, 15) is 8.42 Å². The fraction of sp³-hybridized carbons (Fsp3) is 0.333. The molecular weight excluding hydrogens is 326 g/mol. The molecule has 0 aliphatic heterocycles. The van der Waals surface area contributed by atoms with Crippen LogP contribution >= 0.6 is 22.9 Å². The van der Waals surface area contributed by atoms with E-state index in [1.807, 2.05) is 37.3 Å². The van der Waals surface area contributed by atoms with E-state index in [-0.39, 0.29) is 0 Å². The fourth-order valence-corrected chi connectivity index (χ4v) is 5.15. The van der Waals surface area contributed by atoms with E-state index < -0.39 is 10.0 Å². The summed E-state index contributed by atoms with van der Waals surface area (Å²) in [7, 11) is -1.81. The molecule has 0 N–H and O–H groups in total. The summed E-state index contributed by atoms with van der Waals surface area (Å²) >= 11 is 7.07.